The van der Waals surface area contributed by atoms with Crippen molar-refractivity contribution < 1.29 is 31.8 Å². The van der Waals surface area contributed by atoms with E-state index in [1.165, 1.54) is 12.8 Å². The first kappa shape index (κ1) is 26.2. The third-order valence-electron chi connectivity index (χ3n) is 6.14. The van der Waals surface area contributed by atoms with E-state index in [-0.39, 0.29) is 30.4 Å². The Balaban J connectivity index is 0.000000428. The van der Waals surface area contributed by atoms with Gasteiger partial charge in [0.25, 0.3) is 0 Å². The largest absolute Gasteiger partial charge is 0.454 e. The van der Waals surface area contributed by atoms with E-state index in [1.54, 1.807) is 0 Å². The number of carbonyl (C=O) groups excluding carboxylic acids is 1. The van der Waals surface area contributed by atoms with Crippen LogP contribution in [0.25, 0.3) is 0 Å². The molecule has 0 aromatic heterocycles. The van der Waals surface area contributed by atoms with E-state index < -0.39 is 0 Å². The van der Waals surface area contributed by atoms with Crippen LogP contribution in [0.3, 0.4) is 0 Å². The van der Waals surface area contributed by atoms with Crippen molar-refractivity contribution >= 4 is 18.4 Å². The molecule has 7 nitrogen and oxygen atoms in total. The lowest BCUT2D eigenvalue weighted by atomic mass is 9.88. The number of ether oxygens (including phenoxy) is 2. The van der Waals surface area contributed by atoms with Crippen LogP contribution in [0.15, 0.2) is 47.4 Å². The number of carbonyl (C=O) groups is 1. The molecule has 2 heterocycles. The number of fused-ring (bicyclic) bond motifs is 1. The molecule has 32 heavy (non-hydrogen) atoms. The second-order valence-corrected chi connectivity index (χ2v) is 8.83. The molecule has 1 saturated heterocycles. The first-order valence-electron chi connectivity index (χ1n) is 10.6. The summed E-state index contributed by atoms with van der Waals surface area (Å²) in [5.74, 6) is 2.30. The van der Waals surface area contributed by atoms with Crippen molar-refractivity contribution in [3.63, 3.8) is 0 Å². The van der Waals surface area contributed by atoms with E-state index >= 15 is 0 Å². The molecule has 2 aliphatic heterocycles. The zero-order valence-electron chi connectivity index (χ0n) is 18.1. The second kappa shape index (κ2) is 11.7. The molecule has 0 amide bonds. The highest BCUT2D eigenvalue weighted by Gasteiger charge is 2.50. The number of Topliss-reactive ketones (excluding diaryl/α,β-unsaturated/α-hetero) is 1. The van der Waals surface area contributed by atoms with Gasteiger partial charge in [-0.05, 0) is 73.5 Å². The maximum Gasteiger partial charge on any atom is 0.231 e. The van der Waals surface area contributed by atoms with Gasteiger partial charge in [-0.25, -0.2) is 0 Å². The summed E-state index contributed by atoms with van der Waals surface area (Å²) in [5, 5.41) is 11.9. The topological polar surface area (TPSA) is 131 Å². The number of hydrogen-bond acceptors (Lipinski definition) is 6. The molecule has 6 N–H and O–H groups in total. The molecular formula is C24H35NO6S. The standard InChI is InChI=1S/C18H16O3S.C6H13NO.2H2O.H2/c19-17(9-12-2-1-3-14(22)8-12)18(6-7-18)13-4-5-15-16(10-13)21-11-20-15;8-5-6-2-1-3-7-4-6;;;/h1-5,8,10,22H,6-7,9,11H2;6-8H,1-5H2;2*1H2;1H. The van der Waals surface area contributed by atoms with Gasteiger partial charge in [0, 0.05) is 25.9 Å². The van der Waals surface area contributed by atoms with Crippen LogP contribution in [0, 0.1) is 5.92 Å². The number of rotatable bonds is 5. The zero-order valence-corrected chi connectivity index (χ0v) is 19.0. The number of benzene rings is 2. The number of piperidine rings is 1. The molecule has 2 aromatic carbocycles. The Kier molecular flexibility index (Phi) is 9.54. The lowest BCUT2D eigenvalue weighted by Gasteiger charge is -2.19. The van der Waals surface area contributed by atoms with Crippen molar-refractivity contribution in [2.75, 3.05) is 26.5 Å². The normalized spacial score (nSPS) is 19.5. The molecule has 2 aromatic rings. The second-order valence-electron chi connectivity index (χ2n) is 8.31. The van der Waals surface area contributed by atoms with E-state index in [4.69, 9.17) is 14.6 Å². The number of aliphatic hydroxyl groups excluding tert-OH is 1. The quantitative estimate of drug-likeness (QED) is 0.582. The number of nitrogens with one attached hydrogen (secondary N) is 1. The van der Waals surface area contributed by atoms with Crippen molar-refractivity contribution in [3.05, 3.63) is 53.6 Å². The summed E-state index contributed by atoms with van der Waals surface area (Å²) in [5.41, 5.74) is 1.72. The molecule has 0 radical (unpaired) electrons. The summed E-state index contributed by atoms with van der Waals surface area (Å²) in [6, 6.07) is 13.6. The van der Waals surface area contributed by atoms with Gasteiger partial charge in [0.1, 0.15) is 5.78 Å². The molecule has 2 fully saturated rings. The predicted molar refractivity (Wildman–Crippen MR) is 128 cm³/mol. The van der Waals surface area contributed by atoms with Gasteiger partial charge in [0.2, 0.25) is 6.79 Å². The van der Waals surface area contributed by atoms with Gasteiger partial charge >= 0.3 is 0 Å². The summed E-state index contributed by atoms with van der Waals surface area (Å²) in [7, 11) is 0. The van der Waals surface area contributed by atoms with Crippen molar-refractivity contribution in [1.29, 1.82) is 0 Å². The van der Waals surface area contributed by atoms with Crippen LogP contribution in [-0.2, 0) is 16.6 Å². The molecule has 3 aliphatic rings. The first-order valence-corrected chi connectivity index (χ1v) is 11.1. The maximum absolute atomic E-state index is 12.8. The van der Waals surface area contributed by atoms with Gasteiger partial charge in [-0.1, -0.05) is 18.2 Å². The monoisotopic (exact) mass is 465 g/mol. The minimum atomic E-state index is -0.340. The molecule has 1 unspecified atom stereocenters. The molecule has 0 bridgehead atoms. The van der Waals surface area contributed by atoms with Gasteiger partial charge in [-0.2, -0.15) is 0 Å². The summed E-state index contributed by atoms with van der Waals surface area (Å²) in [4.78, 5) is 13.7. The van der Waals surface area contributed by atoms with Gasteiger partial charge in [-0.15, -0.1) is 12.6 Å². The molecular weight excluding hydrogens is 430 g/mol. The number of aliphatic hydroxyl groups is 1. The maximum atomic E-state index is 12.8. The van der Waals surface area contributed by atoms with Gasteiger partial charge in [0.15, 0.2) is 11.5 Å². The smallest absolute Gasteiger partial charge is 0.231 e. The molecule has 8 heteroatoms. The van der Waals surface area contributed by atoms with Crippen LogP contribution in [0.2, 0.25) is 0 Å². The van der Waals surface area contributed by atoms with Crippen molar-refractivity contribution in [2.45, 2.75) is 42.4 Å². The molecule has 5 rings (SSSR count). The van der Waals surface area contributed by atoms with E-state index in [2.05, 4.69) is 17.9 Å². The Morgan fingerprint density at radius 1 is 1.16 bits per heavy atom. The Bertz CT molecular complexity index is 902. The minimum Gasteiger partial charge on any atom is -0.454 e. The summed E-state index contributed by atoms with van der Waals surface area (Å²) < 4.78 is 10.8. The molecule has 1 saturated carbocycles. The van der Waals surface area contributed by atoms with E-state index in [0.29, 0.717) is 18.9 Å². The number of ketones is 1. The van der Waals surface area contributed by atoms with Gasteiger partial charge in [0.05, 0.1) is 5.41 Å². The summed E-state index contributed by atoms with van der Waals surface area (Å²) in [6.45, 7) is 2.76. The first-order chi connectivity index (χ1) is 14.6. The summed E-state index contributed by atoms with van der Waals surface area (Å²) in [6.07, 6.45) is 4.69. The third kappa shape index (κ3) is 6.02. The van der Waals surface area contributed by atoms with Crippen molar-refractivity contribution in [3.8, 4) is 11.5 Å². The lowest BCUT2D eigenvalue weighted by Crippen LogP contribution is -2.31. The highest BCUT2D eigenvalue weighted by molar-refractivity contribution is 7.80. The summed E-state index contributed by atoms with van der Waals surface area (Å²) >= 11 is 4.34. The third-order valence-corrected chi connectivity index (χ3v) is 6.42. The average molecular weight is 466 g/mol. The average Bonchev–Trinajstić information content (AvgIpc) is 3.46. The highest BCUT2D eigenvalue weighted by Crippen LogP contribution is 2.51. The SMILES string of the molecule is O.O.O=C(Cc1cccc(S)c1)C1(c2ccc3c(c2)OCO3)CC1.OCC1CCCNC1.[HH]. The highest BCUT2D eigenvalue weighted by atomic mass is 32.1. The predicted octanol–water partition coefficient (Wildman–Crippen LogP) is 2.12. The fourth-order valence-electron chi connectivity index (χ4n) is 4.15. The van der Waals surface area contributed by atoms with Crippen molar-refractivity contribution in [2.24, 2.45) is 5.92 Å². The van der Waals surface area contributed by atoms with Crippen LogP contribution in [-0.4, -0.2) is 48.3 Å². The van der Waals surface area contributed by atoms with Gasteiger partial charge in [-0.3, -0.25) is 4.79 Å². The Labute approximate surface area is 195 Å². The van der Waals surface area contributed by atoms with Crippen LogP contribution >= 0.6 is 12.6 Å². The molecule has 1 aliphatic carbocycles. The van der Waals surface area contributed by atoms with Gasteiger partial charge < -0.3 is 30.8 Å². The Morgan fingerprint density at radius 2 is 1.94 bits per heavy atom. The molecule has 0 spiro atoms. The fourth-order valence-corrected chi connectivity index (χ4v) is 4.40. The van der Waals surface area contributed by atoms with E-state index in [0.717, 1.165) is 53.5 Å². The molecule has 178 valence electrons. The number of thiol groups is 1. The van der Waals surface area contributed by atoms with Crippen LogP contribution in [0.5, 0.6) is 11.5 Å². The van der Waals surface area contributed by atoms with Crippen molar-refractivity contribution in [1.82, 2.24) is 5.32 Å². The Hall–Kier alpha value is -2.10. The zero-order chi connectivity index (χ0) is 21.0. The van der Waals surface area contributed by atoms with Crippen LogP contribution in [0.4, 0.5) is 0 Å². The lowest BCUT2D eigenvalue weighted by molar-refractivity contribution is -0.120. The van der Waals surface area contributed by atoms with E-state index in [9.17, 15) is 4.79 Å². The van der Waals surface area contributed by atoms with Crippen LogP contribution < -0.4 is 14.8 Å². The minimum absolute atomic E-state index is 0. The number of hydrogen-bond donors (Lipinski definition) is 3. The fraction of sp³-hybridized carbons (Fsp3) is 0.458. The molecule has 1 atom stereocenters. The van der Waals surface area contributed by atoms with E-state index in [1.807, 2.05) is 42.5 Å². The Morgan fingerprint density at radius 3 is 2.56 bits per heavy atom. The van der Waals surface area contributed by atoms with Crippen LogP contribution in [0.1, 0.15) is 38.2 Å².